The summed E-state index contributed by atoms with van der Waals surface area (Å²) < 4.78 is 14.0. The molecule has 0 amide bonds. The van der Waals surface area contributed by atoms with Gasteiger partial charge in [-0.05, 0) is 0 Å². The van der Waals surface area contributed by atoms with Crippen molar-refractivity contribution < 1.29 is 0 Å². The van der Waals surface area contributed by atoms with Gasteiger partial charge in [0.2, 0.25) is 0 Å². The predicted molar refractivity (Wildman–Crippen MR) is 172 cm³/mol. The standard InChI is InChI=1S/C29H17Cl2I3/c30-18-9-10-28-25(15-18)23-6-2-4-8-27(23)33(28)20-13-19(31)14-21(16-20)34-26-7-3-1-5-22(26)24-11-12-32-17-29(24)34/h1-17H. The van der Waals surface area contributed by atoms with E-state index in [-0.39, 0.29) is 20.7 Å². The molecule has 4 aromatic rings. The fourth-order valence-corrected chi connectivity index (χ4v) is 22.6. The van der Waals surface area contributed by atoms with Crippen molar-refractivity contribution in [3.8, 4) is 11.1 Å². The van der Waals surface area contributed by atoms with Crippen molar-refractivity contribution in [1.82, 2.24) is 0 Å². The topological polar surface area (TPSA) is 0 Å². The van der Waals surface area contributed by atoms with Crippen LogP contribution >= 0.6 is 83.6 Å². The number of hydrogen-bond acceptors (Lipinski definition) is 0. The third-order valence-corrected chi connectivity index (χ3v) is 21.6. The van der Waals surface area contributed by atoms with Crippen LogP contribution in [0.5, 0.6) is 0 Å². The molecule has 34 heavy (non-hydrogen) atoms. The van der Waals surface area contributed by atoms with Crippen LogP contribution in [-0.4, -0.2) is 4.01 Å². The Hall–Kier alpha value is -1.00. The van der Waals surface area contributed by atoms with Crippen molar-refractivity contribution in [2.75, 3.05) is 0 Å². The second-order valence-electron chi connectivity index (χ2n) is 8.03. The van der Waals surface area contributed by atoms with Gasteiger partial charge in [0.15, 0.2) is 0 Å². The van der Waals surface area contributed by atoms with Gasteiger partial charge in [0.25, 0.3) is 0 Å². The molecule has 168 valence electrons. The Morgan fingerprint density at radius 2 is 1.26 bits per heavy atom. The van der Waals surface area contributed by atoms with E-state index in [1.165, 1.54) is 36.5 Å². The Bertz CT molecular complexity index is 1600. The quantitative estimate of drug-likeness (QED) is 0.156. The monoisotopic (exact) mass is 816 g/mol. The Morgan fingerprint density at radius 1 is 0.588 bits per heavy atom. The summed E-state index contributed by atoms with van der Waals surface area (Å²) in [5.41, 5.74) is 5.54. The first-order chi connectivity index (χ1) is 16.7. The summed E-state index contributed by atoms with van der Waals surface area (Å²) in [6, 6.07) is 31.4. The van der Waals surface area contributed by atoms with Crippen LogP contribution in [0.25, 0.3) is 16.7 Å². The molecule has 0 spiro atoms. The molecule has 0 bridgehead atoms. The Morgan fingerprint density at radius 3 is 2.09 bits per heavy atom. The minimum atomic E-state index is -1.86. The SMILES string of the molecule is Clc1cc(I2C3=C(C=CI=C3)c3ccccc32)cc(I2c3ccccc3-c3cc(Cl)ccc32)c1. The molecular weight excluding hydrogens is 800 g/mol. The van der Waals surface area contributed by atoms with Gasteiger partial charge in [-0.15, -0.1) is 0 Å². The third-order valence-electron chi connectivity index (χ3n) is 6.05. The van der Waals surface area contributed by atoms with E-state index in [9.17, 15) is 0 Å². The molecule has 0 unspecified atom stereocenters. The van der Waals surface area contributed by atoms with Crippen molar-refractivity contribution in [3.05, 3.63) is 132 Å². The molecule has 0 atom stereocenters. The zero-order valence-electron chi connectivity index (χ0n) is 17.7. The van der Waals surface area contributed by atoms with Crippen LogP contribution in [0.4, 0.5) is 0 Å². The van der Waals surface area contributed by atoms with Crippen molar-refractivity contribution in [1.29, 1.82) is 0 Å². The summed E-state index contributed by atoms with van der Waals surface area (Å²) in [5.74, 6) is 0. The molecule has 0 radical (unpaired) electrons. The molecule has 5 heteroatoms. The Kier molecular flexibility index (Phi) is 5.77. The van der Waals surface area contributed by atoms with Gasteiger partial charge in [-0.25, -0.2) is 0 Å². The Balaban J connectivity index is 1.43. The van der Waals surface area contributed by atoms with Gasteiger partial charge >= 0.3 is 236 Å². The van der Waals surface area contributed by atoms with E-state index in [0.717, 1.165) is 10.0 Å². The number of rotatable bonds is 2. The second-order valence-corrected chi connectivity index (χ2v) is 21.3. The van der Waals surface area contributed by atoms with Crippen LogP contribution in [-0.2, 0) is 0 Å². The van der Waals surface area contributed by atoms with Crippen LogP contribution in [0, 0.1) is 17.9 Å². The van der Waals surface area contributed by atoms with E-state index in [1.807, 2.05) is 0 Å². The van der Waals surface area contributed by atoms with Gasteiger partial charge in [-0.3, -0.25) is 0 Å². The molecule has 3 aliphatic rings. The van der Waals surface area contributed by atoms with E-state index in [4.69, 9.17) is 23.2 Å². The molecule has 3 aliphatic heterocycles. The average Bonchev–Trinajstić information content (AvgIpc) is 3.36. The number of hydrogen-bond donors (Lipinski definition) is 0. The van der Waals surface area contributed by atoms with Crippen LogP contribution < -0.4 is 0 Å². The van der Waals surface area contributed by atoms with Crippen molar-refractivity contribution in [3.63, 3.8) is 0 Å². The van der Waals surface area contributed by atoms with Gasteiger partial charge in [0, 0.05) is 0 Å². The van der Waals surface area contributed by atoms with E-state index in [1.54, 1.807) is 7.15 Å². The number of halogens is 5. The van der Waals surface area contributed by atoms with Crippen LogP contribution in [0.15, 0.2) is 98.7 Å². The fourth-order valence-electron chi connectivity index (χ4n) is 4.68. The number of fused-ring (bicyclic) bond motifs is 5. The van der Waals surface area contributed by atoms with Crippen molar-refractivity contribution in [2.45, 2.75) is 0 Å². The molecule has 0 fully saturated rings. The Labute approximate surface area is 233 Å². The molecular formula is C29H17Cl2I3. The summed E-state index contributed by atoms with van der Waals surface area (Å²) in [6.07, 6.45) is 2.38. The molecule has 0 aliphatic carbocycles. The van der Waals surface area contributed by atoms with Gasteiger partial charge in [0.1, 0.15) is 0 Å². The van der Waals surface area contributed by atoms with Crippen molar-refractivity contribution >= 4 is 93.2 Å². The van der Waals surface area contributed by atoms with Crippen molar-refractivity contribution in [2.24, 2.45) is 0 Å². The zero-order valence-corrected chi connectivity index (χ0v) is 25.7. The fraction of sp³-hybridized carbons (Fsp3) is 0. The zero-order chi connectivity index (χ0) is 22.8. The van der Waals surface area contributed by atoms with E-state index >= 15 is 0 Å². The van der Waals surface area contributed by atoms with E-state index in [2.05, 4.69) is 99.1 Å². The normalized spacial score (nSPS) is 17.2. The molecule has 7 rings (SSSR count). The summed E-state index contributed by atoms with van der Waals surface area (Å²) in [5, 5.41) is 1.67. The minimum absolute atomic E-state index is 0.000681. The van der Waals surface area contributed by atoms with Crippen LogP contribution in [0.3, 0.4) is 0 Å². The van der Waals surface area contributed by atoms with Crippen LogP contribution in [0.1, 0.15) is 5.56 Å². The molecule has 0 saturated heterocycles. The van der Waals surface area contributed by atoms with Crippen LogP contribution in [0.2, 0.25) is 10.0 Å². The first kappa shape index (κ1) is 22.2. The van der Waals surface area contributed by atoms with E-state index in [0.29, 0.717) is 0 Å². The molecule has 4 aromatic carbocycles. The predicted octanol–water partition coefficient (Wildman–Crippen LogP) is 9.96. The molecule has 3 heterocycles. The maximum absolute atomic E-state index is 6.88. The average molecular weight is 817 g/mol. The number of benzene rings is 4. The molecule has 0 aromatic heterocycles. The van der Waals surface area contributed by atoms with E-state index < -0.39 is 39.6 Å². The first-order valence-electron chi connectivity index (χ1n) is 10.7. The maximum atomic E-state index is 6.88. The molecule has 0 N–H and O–H groups in total. The number of allylic oxidation sites excluding steroid dienone is 3. The third kappa shape index (κ3) is 3.52. The van der Waals surface area contributed by atoms with Gasteiger partial charge in [-0.1, -0.05) is 0 Å². The summed E-state index contributed by atoms with van der Waals surface area (Å²) >= 11 is 9.68. The summed E-state index contributed by atoms with van der Waals surface area (Å²) in [6.45, 7) is 0. The second kappa shape index (κ2) is 8.83. The van der Waals surface area contributed by atoms with Gasteiger partial charge < -0.3 is 0 Å². The first-order valence-corrected chi connectivity index (χ1v) is 20.5. The molecule has 0 nitrogen and oxygen atoms in total. The summed E-state index contributed by atoms with van der Waals surface area (Å²) in [7, 11) is 0. The molecule has 0 saturated carbocycles. The van der Waals surface area contributed by atoms with Gasteiger partial charge in [0.05, 0.1) is 0 Å². The summed E-state index contributed by atoms with van der Waals surface area (Å²) in [4.78, 5) is 0. The van der Waals surface area contributed by atoms with Gasteiger partial charge in [-0.2, -0.15) is 0 Å².